The molecule has 1 aromatic heterocycles. The number of benzene rings is 1. The second kappa shape index (κ2) is 7.41. The molecule has 0 saturated carbocycles. The minimum absolute atomic E-state index is 0.117. The molecule has 2 aromatic rings. The van der Waals surface area contributed by atoms with E-state index in [0.29, 0.717) is 0 Å². The van der Waals surface area contributed by atoms with Crippen LogP contribution in [0.3, 0.4) is 0 Å². The number of methoxy groups -OCH3 is 1. The van der Waals surface area contributed by atoms with E-state index in [4.69, 9.17) is 9.47 Å². The third kappa shape index (κ3) is 3.81. The molecule has 1 aromatic carbocycles. The van der Waals surface area contributed by atoms with Crippen LogP contribution in [0, 0.1) is 0 Å². The number of hydrogen-bond donors (Lipinski definition) is 1. The molecule has 1 aliphatic rings. The van der Waals surface area contributed by atoms with Gasteiger partial charge in [-0.2, -0.15) is 0 Å². The van der Waals surface area contributed by atoms with Gasteiger partial charge in [0.2, 0.25) is 0 Å². The van der Waals surface area contributed by atoms with Gasteiger partial charge in [0.25, 0.3) is 0 Å². The van der Waals surface area contributed by atoms with Crippen molar-refractivity contribution in [3.63, 3.8) is 0 Å². The highest BCUT2D eigenvalue weighted by Crippen LogP contribution is 2.37. The zero-order valence-corrected chi connectivity index (χ0v) is 17.5. The van der Waals surface area contributed by atoms with E-state index in [0.717, 1.165) is 48.4 Å². The molecule has 0 bridgehead atoms. The van der Waals surface area contributed by atoms with Gasteiger partial charge in [-0.05, 0) is 45.7 Å². The fraction of sp³-hybridized carbons (Fsp3) is 0.600. The van der Waals surface area contributed by atoms with Crippen LogP contribution in [-0.4, -0.2) is 59.4 Å². The maximum absolute atomic E-state index is 12.4. The first-order valence-corrected chi connectivity index (χ1v) is 9.59. The molecule has 3 rings (SSSR count). The number of fused-ring (bicyclic) bond motifs is 1. The highest BCUT2D eigenvalue weighted by Gasteiger charge is 2.30. The van der Waals surface area contributed by atoms with Crippen LogP contribution in [-0.2, 0) is 11.8 Å². The second-order valence-corrected chi connectivity index (χ2v) is 8.31. The Kier molecular flexibility index (Phi) is 5.32. The lowest BCUT2D eigenvalue weighted by atomic mass is 10.0. The number of piperidine rings is 1. The van der Waals surface area contributed by atoms with Gasteiger partial charge < -0.3 is 24.3 Å². The van der Waals surface area contributed by atoms with Crippen molar-refractivity contribution in [1.82, 2.24) is 14.5 Å². The number of carbonyl (C=O) groups excluding carboxylic acids is 1. The number of H-pyrrole nitrogens is 1. The van der Waals surface area contributed by atoms with Gasteiger partial charge in [-0.3, -0.25) is 4.57 Å². The number of imidazole rings is 1. The first-order chi connectivity index (χ1) is 13.1. The topological polar surface area (TPSA) is 79.8 Å². The molecule has 1 N–H and O–H groups in total. The summed E-state index contributed by atoms with van der Waals surface area (Å²) in [4.78, 5) is 31.3. The van der Waals surface area contributed by atoms with E-state index >= 15 is 0 Å². The Hall–Kier alpha value is -2.64. The number of carbonyl (C=O) groups is 1. The van der Waals surface area contributed by atoms with Gasteiger partial charge in [-0.1, -0.05) is 0 Å². The highest BCUT2D eigenvalue weighted by molar-refractivity contribution is 5.93. The van der Waals surface area contributed by atoms with Crippen LogP contribution in [0.2, 0.25) is 0 Å². The summed E-state index contributed by atoms with van der Waals surface area (Å²) in [6.07, 6.45) is 1.33. The number of aryl methyl sites for hydroxylation is 1. The number of amides is 1. The van der Waals surface area contributed by atoms with E-state index < -0.39 is 5.60 Å². The Bertz CT molecular complexity index is 917. The zero-order valence-electron chi connectivity index (χ0n) is 17.5. The van der Waals surface area contributed by atoms with Crippen LogP contribution in [0.5, 0.6) is 5.75 Å². The van der Waals surface area contributed by atoms with Crippen molar-refractivity contribution in [2.45, 2.75) is 45.3 Å². The average Bonchev–Trinajstić information content (AvgIpc) is 2.93. The van der Waals surface area contributed by atoms with Gasteiger partial charge in [-0.25, -0.2) is 9.59 Å². The van der Waals surface area contributed by atoms with Crippen molar-refractivity contribution in [3.8, 4) is 5.75 Å². The number of nitrogens with zero attached hydrogens (tertiary/aromatic N) is 3. The number of rotatable bonds is 3. The minimum atomic E-state index is -0.506. The van der Waals surface area contributed by atoms with Crippen molar-refractivity contribution >= 4 is 22.8 Å². The molecule has 8 heteroatoms. The van der Waals surface area contributed by atoms with Gasteiger partial charge in [0.15, 0.2) is 0 Å². The molecular weight excluding hydrogens is 360 g/mol. The maximum Gasteiger partial charge on any atom is 0.410 e. The molecule has 1 saturated heterocycles. The zero-order chi connectivity index (χ0) is 20.6. The number of aromatic nitrogens is 2. The average molecular weight is 390 g/mol. The van der Waals surface area contributed by atoms with Crippen molar-refractivity contribution in [2.24, 2.45) is 7.05 Å². The predicted molar refractivity (Wildman–Crippen MR) is 109 cm³/mol. The lowest BCUT2D eigenvalue weighted by Gasteiger charge is -2.38. The van der Waals surface area contributed by atoms with Crippen molar-refractivity contribution in [2.75, 3.05) is 32.1 Å². The molecule has 0 aliphatic carbocycles. The van der Waals surface area contributed by atoms with Gasteiger partial charge in [0, 0.05) is 33.2 Å². The largest absolute Gasteiger partial charge is 0.494 e. The number of ether oxygens (including phenoxy) is 2. The molecule has 0 atom stereocenters. The molecule has 2 heterocycles. The summed E-state index contributed by atoms with van der Waals surface area (Å²) in [5.74, 6) is 0.737. The molecule has 0 unspecified atom stereocenters. The highest BCUT2D eigenvalue weighted by atomic mass is 16.6. The fourth-order valence-corrected chi connectivity index (χ4v) is 3.73. The summed E-state index contributed by atoms with van der Waals surface area (Å²) in [5, 5.41) is 0. The summed E-state index contributed by atoms with van der Waals surface area (Å²) in [5.41, 5.74) is 1.89. The molecule has 8 nitrogen and oxygen atoms in total. The molecule has 1 fully saturated rings. The predicted octanol–water partition coefficient (Wildman–Crippen LogP) is 2.71. The van der Waals surface area contributed by atoms with Gasteiger partial charge >= 0.3 is 11.8 Å². The summed E-state index contributed by atoms with van der Waals surface area (Å²) in [7, 11) is 5.19. The van der Waals surface area contributed by atoms with Crippen LogP contribution in [0.4, 0.5) is 10.5 Å². The Morgan fingerprint density at radius 3 is 2.46 bits per heavy atom. The maximum atomic E-state index is 12.4. The SMILES string of the molecule is COc1ccc2[nH]c(=O)n(C)c2c1N1CCC(N(C)C(=O)OC(C)(C)C)CC1. The first kappa shape index (κ1) is 20.1. The van der Waals surface area contributed by atoms with Crippen molar-refractivity contribution in [3.05, 3.63) is 22.6 Å². The Morgan fingerprint density at radius 1 is 1.25 bits per heavy atom. The fourth-order valence-electron chi connectivity index (χ4n) is 3.73. The summed E-state index contributed by atoms with van der Waals surface area (Å²) >= 11 is 0. The van der Waals surface area contributed by atoms with Crippen molar-refractivity contribution in [1.29, 1.82) is 0 Å². The number of hydrogen-bond acceptors (Lipinski definition) is 5. The number of anilines is 1. The smallest absolute Gasteiger partial charge is 0.410 e. The third-order valence-electron chi connectivity index (χ3n) is 5.23. The van der Waals surface area contributed by atoms with Gasteiger partial charge in [-0.15, -0.1) is 0 Å². The Morgan fingerprint density at radius 2 is 1.89 bits per heavy atom. The van der Waals surface area contributed by atoms with Gasteiger partial charge in [0.1, 0.15) is 17.0 Å². The molecule has 1 aliphatic heterocycles. The molecule has 28 heavy (non-hydrogen) atoms. The van der Waals surface area contributed by atoms with E-state index in [2.05, 4.69) is 9.88 Å². The van der Waals surface area contributed by atoms with Crippen LogP contribution < -0.4 is 15.3 Å². The minimum Gasteiger partial charge on any atom is -0.494 e. The van der Waals surface area contributed by atoms with E-state index in [9.17, 15) is 9.59 Å². The van der Waals surface area contributed by atoms with E-state index in [1.165, 1.54) is 0 Å². The van der Waals surface area contributed by atoms with Crippen LogP contribution in [0.15, 0.2) is 16.9 Å². The molecule has 0 spiro atoms. The summed E-state index contributed by atoms with van der Waals surface area (Å²) < 4.78 is 12.7. The molecule has 1 amide bonds. The normalized spacial score (nSPS) is 15.7. The molecular formula is C20H30N4O4. The van der Waals surface area contributed by atoms with E-state index in [1.807, 2.05) is 32.9 Å². The first-order valence-electron chi connectivity index (χ1n) is 9.59. The molecule has 154 valence electrons. The quantitative estimate of drug-likeness (QED) is 0.872. The van der Waals surface area contributed by atoms with Crippen LogP contribution in [0.25, 0.3) is 11.0 Å². The molecule has 0 radical (unpaired) electrons. The Labute approximate surface area is 165 Å². The standard InChI is InChI=1S/C20H30N4O4/c1-20(2,3)28-19(26)22(4)13-9-11-24(12-10-13)17-15(27-6)8-7-14-16(17)23(5)18(25)21-14/h7-8,13H,9-12H2,1-6H3,(H,21,25). The van der Waals surface area contributed by atoms with Crippen LogP contribution in [0.1, 0.15) is 33.6 Å². The monoisotopic (exact) mass is 390 g/mol. The van der Waals surface area contributed by atoms with E-state index in [-0.39, 0.29) is 17.8 Å². The Balaban J connectivity index is 1.80. The van der Waals surface area contributed by atoms with Crippen molar-refractivity contribution < 1.29 is 14.3 Å². The summed E-state index contributed by atoms with van der Waals surface area (Å²) in [6, 6.07) is 3.86. The van der Waals surface area contributed by atoms with Crippen LogP contribution >= 0.6 is 0 Å². The third-order valence-corrected chi connectivity index (χ3v) is 5.23. The number of nitrogens with one attached hydrogen (secondary N) is 1. The second-order valence-electron chi connectivity index (χ2n) is 8.31. The lowest BCUT2D eigenvalue weighted by molar-refractivity contribution is 0.0201. The number of aromatic amines is 1. The summed E-state index contributed by atoms with van der Waals surface area (Å²) in [6.45, 7) is 7.12. The van der Waals surface area contributed by atoms with Gasteiger partial charge in [0.05, 0.1) is 18.1 Å². The van der Waals surface area contributed by atoms with E-state index in [1.54, 1.807) is 30.7 Å². The lowest BCUT2D eigenvalue weighted by Crippen LogP contribution is -2.47.